The van der Waals surface area contributed by atoms with Gasteiger partial charge in [-0.25, -0.2) is 23.4 Å². The Kier molecular flexibility index (Phi) is 7.50. The third kappa shape index (κ3) is 5.92. The summed E-state index contributed by atoms with van der Waals surface area (Å²) in [5.74, 6) is -4.80. The van der Waals surface area contributed by atoms with Crippen LogP contribution in [0.2, 0.25) is 0 Å². The van der Waals surface area contributed by atoms with E-state index in [1.807, 2.05) is 6.92 Å². The molecule has 13 heteroatoms. The highest BCUT2D eigenvalue weighted by molar-refractivity contribution is 5.67. The van der Waals surface area contributed by atoms with Crippen LogP contribution >= 0.6 is 0 Å². The number of piperidine rings is 1. The monoisotopic (exact) mass is 517 g/mol. The molecule has 3 aromatic rings. The summed E-state index contributed by atoms with van der Waals surface area (Å²) in [5.41, 5.74) is 2.11. The molecular weight excluding hydrogens is 488 g/mol. The summed E-state index contributed by atoms with van der Waals surface area (Å²) in [7, 11) is 1.68. The normalized spacial score (nSPS) is 17.1. The SMILES string of the molecule is CCCn1ccnc(OCc2c(-c3ccc(N4CC(CC(=O)O)CC(F)(F)C4)c(C)n3)nnn2C)c1=O. The van der Waals surface area contributed by atoms with Crippen LogP contribution in [0.4, 0.5) is 14.5 Å². The molecule has 1 N–H and O–H groups in total. The lowest BCUT2D eigenvalue weighted by Crippen LogP contribution is -2.48. The second kappa shape index (κ2) is 10.6. The first-order valence-corrected chi connectivity index (χ1v) is 12.0. The van der Waals surface area contributed by atoms with Crippen LogP contribution in [0, 0.1) is 12.8 Å². The van der Waals surface area contributed by atoms with Crippen molar-refractivity contribution in [3.05, 3.63) is 46.3 Å². The van der Waals surface area contributed by atoms with E-state index in [0.717, 1.165) is 6.42 Å². The Morgan fingerprint density at radius 3 is 2.81 bits per heavy atom. The van der Waals surface area contributed by atoms with Crippen LogP contribution in [0.25, 0.3) is 11.4 Å². The van der Waals surface area contributed by atoms with Gasteiger partial charge in [0.2, 0.25) is 0 Å². The van der Waals surface area contributed by atoms with Gasteiger partial charge in [0.1, 0.15) is 18.0 Å². The van der Waals surface area contributed by atoms with E-state index < -0.39 is 30.8 Å². The molecule has 0 amide bonds. The number of carbonyl (C=O) groups is 1. The first kappa shape index (κ1) is 26.2. The Morgan fingerprint density at radius 1 is 1.32 bits per heavy atom. The summed E-state index contributed by atoms with van der Waals surface area (Å²) in [6.07, 6.45) is 3.12. The number of aryl methyl sites for hydroxylation is 3. The largest absolute Gasteiger partial charge is 0.481 e. The molecule has 3 aromatic heterocycles. The lowest BCUT2D eigenvalue weighted by atomic mass is 9.92. The van der Waals surface area contributed by atoms with Crippen molar-refractivity contribution >= 4 is 11.7 Å². The molecule has 0 radical (unpaired) electrons. The number of nitrogens with zero attached hydrogens (tertiary/aromatic N) is 7. The van der Waals surface area contributed by atoms with E-state index in [-0.39, 0.29) is 31.0 Å². The molecule has 37 heavy (non-hydrogen) atoms. The Labute approximate surface area is 211 Å². The number of aromatic nitrogens is 6. The molecule has 0 aromatic carbocycles. The fourth-order valence-corrected chi connectivity index (χ4v) is 4.61. The van der Waals surface area contributed by atoms with Gasteiger partial charge in [0, 0.05) is 39.0 Å². The van der Waals surface area contributed by atoms with Crippen molar-refractivity contribution < 1.29 is 23.4 Å². The van der Waals surface area contributed by atoms with E-state index in [9.17, 15) is 18.4 Å². The molecule has 1 aliphatic rings. The highest BCUT2D eigenvalue weighted by Gasteiger charge is 2.41. The minimum absolute atomic E-state index is 0.0328. The number of halogens is 2. The molecule has 198 valence electrons. The summed E-state index contributed by atoms with van der Waals surface area (Å²) >= 11 is 0. The molecule has 4 rings (SSSR count). The van der Waals surface area contributed by atoms with Crippen LogP contribution < -0.4 is 15.2 Å². The molecule has 1 atom stereocenters. The minimum Gasteiger partial charge on any atom is -0.481 e. The third-order valence-electron chi connectivity index (χ3n) is 6.23. The van der Waals surface area contributed by atoms with Crippen LogP contribution in [-0.4, -0.2) is 59.6 Å². The van der Waals surface area contributed by atoms with Crippen molar-refractivity contribution in [2.75, 3.05) is 18.0 Å². The number of hydrogen-bond acceptors (Lipinski definition) is 8. The van der Waals surface area contributed by atoms with Gasteiger partial charge in [0.15, 0.2) is 0 Å². The van der Waals surface area contributed by atoms with Crippen LogP contribution in [0.3, 0.4) is 0 Å². The molecule has 1 fully saturated rings. The van der Waals surface area contributed by atoms with Gasteiger partial charge in [0.05, 0.1) is 30.0 Å². The number of aliphatic carboxylic acids is 1. The van der Waals surface area contributed by atoms with Crippen molar-refractivity contribution in [1.82, 2.24) is 29.5 Å². The number of rotatable bonds is 9. The van der Waals surface area contributed by atoms with Crippen molar-refractivity contribution in [1.29, 1.82) is 0 Å². The van der Waals surface area contributed by atoms with Gasteiger partial charge >= 0.3 is 11.5 Å². The van der Waals surface area contributed by atoms with Crippen LogP contribution in [0.1, 0.15) is 37.6 Å². The Bertz CT molecular complexity index is 1340. The Morgan fingerprint density at radius 2 is 2.11 bits per heavy atom. The van der Waals surface area contributed by atoms with Gasteiger partial charge in [-0.15, -0.1) is 5.10 Å². The lowest BCUT2D eigenvalue weighted by molar-refractivity contribution is -0.139. The van der Waals surface area contributed by atoms with Crippen molar-refractivity contribution in [2.45, 2.75) is 52.2 Å². The van der Waals surface area contributed by atoms with Crippen molar-refractivity contribution in [3.63, 3.8) is 0 Å². The maximum absolute atomic E-state index is 14.4. The van der Waals surface area contributed by atoms with E-state index in [1.54, 1.807) is 32.3 Å². The summed E-state index contributed by atoms with van der Waals surface area (Å²) in [4.78, 5) is 33.8. The number of carboxylic acids is 1. The number of anilines is 1. The standard InChI is InChI=1S/C24H29F2N7O4/c1-4-8-32-9-7-27-22(23(32)36)37-13-19-21(29-30-31(19)3)17-5-6-18(15(2)28-17)33-12-16(10-20(34)35)11-24(25,26)14-33/h5-7,9,16H,4,8,10-14H2,1-3H3,(H,34,35). The minimum atomic E-state index is -3.00. The first-order valence-electron chi connectivity index (χ1n) is 12.0. The zero-order chi connectivity index (χ0) is 26.7. The fourth-order valence-electron chi connectivity index (χ4n) is 4.61. The van der Waals surface area contributed by atoms with Crippen molar-refractivity contribution in [2.24, 2.45) is 13.0 Å². The average Bonchev–Trinajstić information content (AvgIpc) is 3.18. The Hall–Kier alpha value is -3.90. The zero-order valence-electron chi connectivity index (χ0n) is 20.9. The molecular formula is C24H29F2N7O4. The number of alkyl halides is 2. The number of ether oxygens (including phenoxy) is 1. The maximum atomic E-state index is 14.4. The number of pyridine rings is 1. The molecule has 0 saturated carbocycles. The summed E-state index contributed by atoms with van der Waals surface area (Å²) in [6, 6.07) is 3.34. The molecule has 0 aliphatic carbocycles. The van der Waals surface area contributed by atoms with Crippen LogP contribution in [0.15, 0.2) is 29.3 Å². The predicted molar refractivity (Wildman–Crippen MR) is 130 cm³/mol. The first-order chi connectivity index (χ1) is 17.6. The van der Waals surface area contributed by atoms with Gasteiger partial charge in [-0.05, 0) is 31.4 Å². The van der Waals surface area contributed by atoms with E-state index >= 15 is 0 Å². The molecule has 11 nitrogen and oxygen atoms in total. The molecule has 1 aliphatic heterocycles. The van der Waals surface area contributed by atoms with E-state index in [1.165, 1.54) is 20.3 Å². The van der Waals surface area contributed by atoms with E-state index in [2.05, 4.69) is 20.3 Å². The second-order valence-electron chi connectivity index (χ2n) is 9.23. The van der Waals surface area contributed by atoms with Gasteiger partial charge in [-0.3, -0.25) is 9.59 Å². The topological polar surface area (TPSA) is 128 Å². The van der Waals surface area contributed by atoms with Gasteiger partial charge in [-0.2, -0.15) is 0 Å². The van der Waals surface area contributed by atoms with Crippen molar-refractivity contribution in [3.8, 4) is 17.3 Å². The van der Waals surface area contributed by atoms with Gasteiger partial charge in [0.25, 0.3) is 11.8 Å². The molecule has 1 unspecified atom stereocenters. The fraction of sp³-hybridized carbons (Fsp3) is 0.500. The maximum Gasteiger partial charge on any atom is 0.313 e. The summed E-state index contributed by atoms with van der Waals surface area (Å²) < 4.78 is 37.5. The zero-order valence-corrected chi connectivity index (χ0v) is 20.9. The average molecular weight is 518 g/mol. The smallest absolute Gasteiger partial charge is 0.313 e. The summed E-state index contributed by atoms with van der Waals surface area (Å²) in [5, 5.41) is 17.3. The van der Waals surface area contributed by atoms with Gasteiger partial charge in [-0.1, -0.05) is 12.1 Å². The highest BCUT2D eigenvalue weighted by atomic mass is 19.3. The Balaban J connectivity index is 1.56. The van der Waals surface area contributed by atoms with E-state index in [4.69, 9.17) is 9.84 Å². The molecule has 0 spiro atoms. The van der Waals surface area contributed by atoms with Crippen LogP contribution in [0.5, 0.6) is 5.88 Å². The van der Waals surface area contributed by atoms with Gasteiger partial charge < -0.3 is 19.3 Å². The number of hydrogen-bond donors (Lipinski definition) is 1. The lowest BCUT2D eigenvalue weighted by Gasteiger charge is -2.39. The van der Waals surface area contributed by atoms with E-state index in [0.29, 0.717) is 35.0 Å². The second-order valence-corrected chi connectivity index (χ2v) is 9.23. The molecule has 4 heterocycles. The summed E-state index contributed by atoms with van der Waals surface area (Å²) in [6.45, 7) is 3.88. The number of carboxylic acid groups (broad SMARTS) is 1. The molecule has 0 bridgehead atoms. The third-order valence-corrected chi connectivity index (χ3v) is 6.23. The van der Waals surface area contributed by atoms with Crippen LogP contribution in [-0.2, 0) is 25.0 Å². The molecule has 1 saturated heterocycles. The quantitative estimate of drug-likeness (QED) is 0.455. The highest BCUT2D eigenvalue weighted by Crippen LogP contribution is 2.36. The predicted octanol–water partition coefficient (Wildman–Crippen LogP) is 2.67.